The van der Waals surface area contributed by atoms with Gasteiger partial charge < -0.3 is 10.1 Å². The topological polar surface area (TPSA) is 92.8 Å². The van der Waals surface area contributed by atoms with Gasteiger partial charge in [0.15, 0.2) is 6.61 Å². The molecule has 188 valence electrons. The highest BCUT2D eigenvalue weighted by Crippen LogP contribution is 2.59. The lowest BCUT2D eigenvalue weighted by Gasteiger charge is -2.28. The van der Waals surface area contributed by atoms with Gasteiger partial charge in [-0.25, -0.2) is 4.79 Å². The van der Waals surface area contributed by atoms with Crippen molar-refractivity contribution in [1.82, 2.24) is 0 Å². The number of esters is 1. The summed E-state index contributed by atoms with van der Waals surface area (Å²) in [5.74, 6) is -2.78. The van der Waals surface area contributed by atoms with Crippen LogP contribution in [0.3, 0.4) is 0 Å². The number of carbonyl (C=O) groups excluding carboxylic acids is 4. The lowest BCUT2D eigenvalue weighted by molar-refractivity contribution is -0.123. The van der Waals surface area contributed by atoms with Gasteiger partial charge in [-0.1, -0.05) is 36.4 Å². The second-order valence-corrected chi connectivity index (χ2v) is 10.7. The molecule has 37 heavy (non-hydrogen) atoms. The molecule has 3 fully saturated rings. The van der Waals surface area contributed by atoms with E-state index in [1.165, 1.54) is 29.2 Å². The molecule has 2 bridgehead atoms. The summed E-state index contributed by atoms with van der Waals surface area (Å²) in [4.78, 5) is 52.4. The molecular formula is C28H22Cl2N2O5. The summed E-state index contributed by atoms with van der Waals surface area (Å²) in [6, 6.07) is 19.2. The van der Waals surface area contributed by atoms with Crippen molar-refractivity contribution in [2.75, 3.05) is 16.8 Å². The van der Waals surface area contributed by atoms with Crippen molar-refractivity contribution in [2.24, 2.45) is 23.7 Å². The first-order valence-electron chi connectivity index (χ1n) is 12.1. The number of rotatable bonds is 5. The van der Waals surface area contributed by atoms with Crippen LogP contribution in [-0.4, -0.2) is 41.1 Å². The van der Waals surface area contributed by atoms with E-state index in [0.29, 0.717) is 17.8 Å². The van der Waals surface area contributed by atoms with Crippen LogP contribution >= 0.6 is 23.2 Å². The maximum Gasteiger partial charge on any atom is 0.338 e. The van der Waals surface area contributed by atoms with Crippen molar-refractivity contribution in [3.05, 3.63) is 72.3 Å². The molecule has 3 aromatic rings. The number of hydrogen-bond donors (Lipinski definition) is 1. The Bertz CT molecular complexity index is 1400. The molecule has 0 spiro atoms. The number of ether oxygens (including phenoxy) is 1. The molecule has 0 radical (unpaired) electrons. The minimum Gasteiger partial charge on any atom is -0.452 e. The third kappa shape index (κ3) is 3.88. The number of imide groups is 1. The molecule has 2 saturated carbocycles. The minimum absolute atomic E-state index is 0.102. The molecule has 3 amide bonds. The zero-order chi connectivity index (χ0) is 25.8. The Kier molecular flexibility index (Phi) is 5.92. The quantitative estimate of drug-likeness (QED) is 0.292. The molecule has 1 heterocycles. The molecular weight excluding hydrogens is 515 g/mol. The predicted octanol–water partition coefficient (Wildman–Crippen LogP) is 4.61. The zero-order valence-corrected chi connectivity index (χ0v) is 21.0. The van der Waals surface area contributed by atoms with Gasteiger partial charge in [0.25, 0.3) is 5.91 Å². The number of halogens is 2. The number of alkyl halides is 2. The number of hydrogen-bond acceptors (Lipinski definition) is 5. The summed E-state index contributed by atoms with van der Waals surface area (Å²) in [6.45, 7) is -0.460. The van der Waals surface area contributed by atoms with E-state index in [0.717, 1.165) is 10.8 Å². The Morgan fingerprint density at radius 3 is 2.16 bits per heavy atom. The van der Waals surface area contributed by atoms with Gasteiger partial charge in [-0.3, -0.25) is 19.3 Å². The minimum atomic E-state index is -0.691. The molecule has 3 aliphatic rings. The number of benzene rings is 3. The molecule has 7 nitrogen and oxygen atoms in total. The molecule has 3 aromatic carbocycles. The normalized spacial score (nSPS) is 28.0. The van der Waals surface area contributed by atoms with Gasteiger partial charge >= 0.3 is 5.97 Å². The van der Waals surface area contributed by atoms with Crippen LogP contribution in [-0.2, 0) is 19.1 Å². The molecule has 0 aromatic heterocycles. The standard InChI is InChI=1S/C28H22Cl2N2O5/c29-24-18-12-19(25(24)30)23-22(18)26(34)32(27(23)35)16-10-8-15(9-11-16)28(36)37-13-21(33)31-20-7-3-5-14-4-1-2-6-17(14)20/h1-11,18-19,22-25H,12-13H2,(H,31,33)/t18-,19-,22-,23+,24-,25+/m1/s1. The van der Waals surface area contributed by atoms with Crippen LogP contribution in [0.1, 0.15) is 16.8 Å². The van der Waals surface area contributed by atoms with Crippen molar-refractivity contribution in [3.63, 3.8) is 0 Å². The number of carbonyl (C=O) groups is 4. The highest BCUT2D eigenvalue weighted by molar-refractivity contribution is 6.32. The largest absolute Gasteiger partial charge is 0.452 e. The Morgan fingerprint density at radius 2 is 1.49 bits per heavy atom. The van der Waals surface area contributed by atoms with Crippen LogP contribution in [0.15, 0.2) is 66.7 Å². The van der Waals surface area contributed by atoms with E-state index in [-0.39, 0.29) is 40.0 Å². The van der Waals surface area contributed by atoms with Gasteiger partial charge in [-0.2, -0.15) is 0 Å². The van der Waals surface area contributed by atoms with E-state index in [1.807, 2.05) is 36.4 Å². The molecule has 6 atom stereocenters. The molecule has 1 aliphatic heterocycles. The Hall–Kier alpha value is -3.42. The molecule has 9 heteroatoms. The van der Waals surface area contributed by atoms with Crippen molar-refractivity contribution in [3.8, 4) is 0 Å². The third-order valence-corrected chi connectivity index (χ3v) is 9.07. The van der Waals surface area contributed by atoms with Crippen LogP contribution in [0.2, 0.25) is 0 Å². The third-order valence-electron chi connectivity index (χ3n) is 7.75. The maximum atomic E-state index is 13.1. The van der Waals surface area contributed by atoms with Crippen LogP contribution in [0.4, 0.5) is 11.4 Å². The average Bonchev–Trinajstić information content (AvgIpc) is 3.52. The SMILES string of the molecule is O=C(COC(=O)c1ccc(N2C(=O)[C@@H]3[C@H]4C[C@@H]([C@H](Cl)[C@@H]4Cl)[C@@H]3C2=O)cc1)Nc1cccc2ccccc12. The van der Waals surface area contributed by atoms with Crippen LogP contribution in [0, 0.1) is 23.7 Å². The fraction of sp³-hybridized carbons (Fsp3) is 0.286. The van der Waals surface area contributed by atoms with E-state index in [9.17, 15) is 19.2 Å². The van der Waals surface area contributed by atoms with E-state index in [2.05, 4.69) is 5.32 Å². The molecule has 6 rings (SSSR count). The number of amides is 3. The molecule has 1 N–H and O–H groups in total. The Labute approximate surface area is 222 Å². The zero-order valence-electron chi connectivity index (χ0n) is 19.5. The first kappa shape index (κ1) is 23.9. The van der Waals surface area contributed by atoms with Crippen LogP contribution < -0.4 is 10.2 Å². The van der Waals surface area contributed by atoms with Gasteiger partial charge in [0.05, 0.1) is 33.8 Å². The van der Waals surface area contributed by atoms with Crippen molar-refractivity contribution >= 4 is 69.0 Å². The summed E-state index contributed by atoms with van der Waals surface area (Å²) in [6.07, 6.45) is 0.696. The van der Waals surface area contributed by atoms with E-state index >= 15 is 0 Å². The smallest absolute Gasteiger partial charge is 0.338 e. The highest BCUT2D eigenvalue weighted by Gasteiger charge is 2.66. The molecule has 0 unspecified atom stereocenters. The maximum absolute atomic E-state index is 13.1. The van der Waals surface area contributed by atoms with Gasteiger partial charge in [0.1, 0.15) is 0 Å². The molecule has 2 aliphatic carbocycles. The van der Waals surface area contributed by atoms with Gasteiger partial charge in [-0.05, 0) is 54.0 Å². The number of nitrogens with zero attached hydrogens (tertiary/aromatic N) is 1. The second-order valence-electron chi connectivity index (χ2n) is 9.71. The van der Waals surface area contributed by atoms with Crippen LogP contribution in [0.5, 0.6) is 0 Å². The fourth-order valence-electron chi connectivity index (χ4n) is 6.08. The van der Waals surface area contributed by atoms with Crippen molar-refractivity contribution in [1.29, 1.82) is 0 Å². The number of fused-ring (bicyclic) bond motifs is 6. The number of anilines is 2. The highest BCUT2D eigenvalue weighted by atomic mass is 35.5. The van der Waals surface area contributed by atoms with Crippen LogP contribution in [0.25, 0.3) is 10.8 Å². The fourth-order valence-corrected chi connectivity index (χ4v) is 6.98. The predicted molar refractivity (Wildman–Crippen MR) is 140 cm³/mol. The Balaban J connectivity index is 1.10. The summed E-state index contributed by atoms with van der Waals surface area (Å²) in [7, 11) is 0. The van der Waals surface area contributed by atoms with Crippen molar-refractivity contribution < 1.29 is 23.9 Å². The summed E-state index contributed by atoms with van der Waals surface area (Å²) >= 11 is 12.8. The average molecular weight is 537 g/mol. The van der Waals surface area contributed by atoms with Gasteiger partial charge in [0, 0.05) is 11.1 Å². The lowest BCUT2D eigenvalue weighted by Crippen LogP contribution is -2.37. The van der Waals surface area contributed by atoms with E-state index in [4.69, 9.17) is 27.9 Å². The summed E-state index contributed by atoms with van der Waals surface area (Å²) in [5.41, 5.74) is 1.21. The van der Waals surface area contributed by atoms with E-state index in [1.54, 1.807) is 6.07 Å². The summed E-state index contributed by atoms with van der Waals surface area (Å²) < 4.78 is 5.17. The van der Waals surface area contributed by atoms with E-state index < -0.39 is 30.3 Å². The first-order chi connectivity index (χ1) is 17.8. The van der Waals surface area contributed by atoms with Gasteiger partial charge in [-0.15, -0.1) is 23.2 Å². The Morgan fingerprint density at radius 1 is 0.865 bits per heavy atom. The second kappa shape index (κ2) is 9.15. The number of nitrogens with one attached hydrogen (secondary N) is 1. The molecule has 1 saturated heterocycles. The first-order valence-corrected chi connectivity index (χ1v) is 12.9. The van der Waals surface area contributed by atoms with Crippen molar-refractivity contribution in [2.45, 2.75) is 17.2 Å². The lowest BCUT2D eigenvalue weighted by atomic mass is 9.80. The summed E-state index contributed by atoms with van der Waals surface area (Å²) in [5, 5.41) is 3.99. The monoisotopic (exact) mass is 536 g/mol. The van der Waals surface area contributed by atoms with Gasteiger partial charge in [0.2, 0.25) is 11.8 Å².